The number of nitrogens with one attached hydrogen (secondary N) is 1. The van der Waals surface area contributed by atoms with Crippen molar-refractivity contribution in [3.05, 3.63) is 88.0 Å². The van der Waals surface area contributed by atoms with Crippen LogP contribution in [-0.4, -0.2) is 23.6 Å². The number of hydrogen-bond donors (Lipinski definition) is 2. The van der Waals surface area contributed by atoms with Gasteiger partial charge in [-0.3, -0.25) is 9.59 Å². The van der Waals surface area contributed by atoms with E-state index in [4.69, 9.17) is 14.6 Å². The summed E-state index contributed by atoms with van der Waals surface area (Å²) in [4.78, 5) is 24.0. The van der Waals surface area contributed by atoms with E-state index in [2.05, 4.69) is 43.4 Å². The minimum atomic E-state index is -0.862. The molecule has 0 aromatic heterocycles. The molecule has 0 unspecified atom stereocenters. The second-order valence-electron chi connectivity index (χ2n) is 10.3. The minimum absolute atomic E-state index is 0.0302. The second kappa shape index (κ2) is 13.1. The molecule has 0 aliphatic rings. The fraction of sp³-hybridized carbons (Fsp3) is 0.375. The van der Waals surface area contributed by atoms with E-state index in [1.165, 1.54) is 5.56 Å². The molecular weight excluding hydrogens is 478 g/mol. The smallest absolute Gasteiger partial charge is 0.303 e. The number of anilines is 1. The SMILES string of the molecule is Cc1ccc(NC(=O)c2ccc(O[C@@H](C)c3ccc(CC(C)C)cc3)c(C)c2C)c(OCCCC(=O)O)c1. The Balaban J connectivity index is 1.71. The Morgan fingerprint density at radius 3 is 2.26 bits per heavy atom. The van der Waals surface area contributed by atoms with Gasteiger partial charge < -0.3 is 19.9 Å². The van der Waals surface area contributed by atoms with Crippen molar-refractivity contribution in [3.63, 3.8) is 0 Å². The molecule has 0 aliphatic heterocycles. The lowest BCUT2D eigenvalue weighted by Crippen LogP contribution is -2.16. The number of amides is 1. The molecule has 6 nitrogen and oxygen atoms in total. The molecule has 3 aromatic rings. The lowest BCUT2D eigenvalue weighted by molar-refractivity contribution is -0.137. The number of rotatable bonds is 12. The Kier molecular flexibility index (Phi) is 9.94. The van der Waals surface area contributed by atoms with E-state index >= 15 is 0 Å². The summed E-state index contributed by atoms with van der Waals surface area (Å²) in [5, 5.41) is 11.8. The van der Waals surface area contributed by atoms with E-state index in [0.717, 1.165) is 34.4 Å². The van der Waals surface area contributed by atoms with Gasteiger partial charge in [-0.25, -0.2) is 0 Å². The fourth-order valence-corrected chi connectivity index (χ4v) is 4.27. The molecule has 6 heteroatoms. The topological polar surface area (TPSA) is 84.9 Å². The average molecular weight is 518 g/mol. The standard InChI is InChI=1S/C32H39NO5/c1-20(2)18-25-10-12-26(13-11-25)24(6)38-29-16-14-27(22(4)23(29)5)32(36)33-28-15-9-21(3)19-30(28)37-17-7-8-31(34)35/h9-16,19-20,24H,7-8,17-18H2,1-6H3,(H,33,36)(H,34,35)/t24-/m0/s1. The minimum Gasteiger partial charge on any atom is -0.491 e. The van der Waals surface area contributed by atoms with Crippen LogP contribution in [0.15, 0.2) is 54.6 Å². The third kappa shape index (κ3) is 7.85. The summed E-state index contributed by atoms with van der Waals surface area (Å²) in [7, 11) is 0. The molecule has 2 N–H and O–H groups in total. The van der Waals surface area contributed by atoms with E-state index in [1.54, 1.807) is 12.1 Å². The largest absolute Gasteiger partial charge is 0.491 e. The Morgan fingerprint density at radius 1 is 0.895 bits per heavy atom. The Hall–Kier alpha value is -3.80. The normalized spacial score (nSPS) is 11.8. The number of aryl methyl sites for hydroxylation is 1. The molecule has 3 rings (SSSR count). The first-order chi connectivity index (χ1) is 18.0. The molecule has 0 saturated heterocycles. The zero-order valence-electron chi connectivity index (χ0n) is 23.3. The van der Waals surface area contributed by atoms with Crippen LogP contribution in [-0.2, 0) is 11.2 Å². The van der Waals surface area contributed by atoms with Crippen LogP contribution in [0.1, 0.15) is 77.9 Å². The summed E-state index contributed by atoms with van der Waals surface area (Å²) in [6, 6.07) is 17.7. The van der Waals surface area contributed by atoms with Gasteiger partial charge >= 0.3 is 5.97 Å². The van der Waals surface area contributed by atoms with Crippen LogP contribution in [0.4, 0.5) is 5.69 Å². The monoisotopic (exact) mass is 517 g/mol. The summed E-state index contributed by atoms with van der Waals surface area (Å²) < 4.78 is 12.1. The van der Waals surface area contributed by atoms with Gasteiger partial charge in [0.1, 0.15) is 17.6 Å². The summed E-state index contributed by atoms with van der Waals surface area (Å²) in [6.07, 6.45) is 1.34. The van der Waals surface area contributed by atoms with E-state index in [9.17, 15) is 9.59 Å². The number of carboxylic acids is 1. The van der Waals surface area contributed by atoms with Gasteiger partial charge in [0.25, 0.3) is 5.91 Å². The highest BCUT2D eigenvalue weighted by molar-refractivity contribution is 6.06. The molecule has 0 spiro atoms. The van der Waals surface area contributed by atoms with Crippen molar-refractivity contribution in [3.8, 4) is 11.5 Å². The predicted molar refractivity (Wildman–Crippen MR) is 151 cm³/mol. The Labute approximate surface area is 226 Å². The predicted octanol–water partition coefficient (Wildman–Crippen LogP) is 7.45. The Morgan fingerprint density at radius 2 is 1.61 bits per heavy atom. The quantitative estimate of drug-likeness (QED) is 0.244. The van der Waals surface area contributed by atoms with Crippen LogP contribution in [0.5, 0.6) is 11.5 Å². The number of benzene rings is 3. The van der Waals surface area contributed by atoms with E-state index in [-0.39, 0.29) is 25.0 Å². The van der Waals surface area contributed by atoms with E-state index < -0.39 is 5.97 Å². The third-order valence-corrected chi connectivity index (χ3v) is 6.56. The van der Waals surface area contributed by atoms with Gasteiger partial charge in [0.05, 0.1) is 12.3 Å². The van der Waals surface area contributed by atoms with Gasteiger partial charge in [0.15, 0.2) is 0 Å². The lowest BCUT2D eigenvalue weighted by Gasteiger charge is -2.20. The molecule has 1 atom stereocenters. The maximum atomic E-state index is 13.2. The van der Waals surface area contributed by atoms with Gasteiger partial charge in [0, 0.05) is 12.0 Å². The second-order valence-corrected chi connectivity index (χ2v) is 10.3. The van der Waals surface area contributed by atoms with Crippen molar-refractivity contribution < 1.29 is 24.2 Å². The third-order valence-electron chi connectivity index (χ3n) is 6.56. The summed E-state index contributed by atoms with van der Waals surface area (Å²) in [5.74, 6) is 0.774. The molecule has 0 fully saturated rings. The number of carbonyl (C=O) groups excluding carboxylic acids is 1. The number of carbonyl (C=O) groups is 2. The molecule has 0 saturated carbocycles. The van der Waals surface area contributed by atoms with E-state index in [1.807, 2.05) is 45.9 Å². The van der Waals surface area contributed by atoms with Gasteiger partial charge in [-0.15, -0.1) is 0 Å². The molecular formula is C32H39NO5. The first-order valence-corrected chi connectivity index (χ1v) is 13.2. The average Bonchev–Trinajstić information content (AvgIpc) is 2.86. The zero-order chi connectivity index (χ0) is 27.8. The number of hydrogen-bond acceptors (Lipinski definition) is 4. The van der Waals surface area contributed by atoms with Gasteiger partial charge in [-0.05, 0) is 98.5 Å². The van der Waals surface area contributed by atoms with Gasteiger partial charge in [0.2, 0.25) is 0 Å². The fourth-order valence-electron chi connectivity index (χ4n) is 4.27. The maximum absolute atomic E-state index is 13.2. The van der Waals surface area contributed by atoms with Crippen molar-refractivity contribution in [2.24, 2.45) is 5.92 Å². The summed E-state index contributed by atoms with van der Waals surface area (Å²) >= 11 is 0. The van der Waals surface area contributed by atoms with Crippen molar-refractivity contribution in [1.29, 1.82) is 0 Å². The van der Waals surface area contributed by atoms with Gasteiger partial charge in [-0.1, -0.05) is 44.2 Å². The van der Waals surface area contributed by atoms with Crippen LogP contribution in [0.25, 0.3) is 0 Å². The molecule has 1 amide bonds. The highest BCUT2D eigenvalue weighted by atomic mass is 16.5. The number of ether oxygens (including phenoxy) is 2. The Bertz CT molecular complexity index is 1260. The number of aliphatic carboxylic acids is 1. The highest BCUT2D eigenvalue weighted by Crippen LogP contribution is 2.31. The molecule has 38 heavy (non-hydrogen) atoms. The molecule has 0 aliphatic carbocycles. The molecule has 202 valence electrons. The molecule has 0 bridgehead atoms. The zero-order valence-corrected chi connectivity index (χ0v) is 23.3. The van der Waals surface area contributed by atoms with Crippen molar-refractivity contribution >= 4 is 17.6 Å². The lowest BCUT2D eigenvalue weighted by atomic mass is 10.00. The summed E-state index contributed by atoms with van der Waals surface area (Å²) in [5.41, 5.74) is 6.26. The molecule has 3 aromatic carbocycles. The first-order valence-electron chi connectivity index (χ1n) is 13.2. The van der Waals surface area contributed by atoms with Crippen LogP contribution < -0.4 is 14.8 Å². The maximum Gasteiger partial charge on any atom is 0.303 e. The summed E-state index contributed by atoms with van der Waals surface area (Å²) in [6.45, 7) is 12.5. The number of carboxylic acid groups (broad SMARTS) is 1. The van der Waals surface area contributed by atoms with Crippen LogP contribution in [0, 0.1) is 26.7 Å². The van der Waals surface area contributed by atoms with Crippen molar-refractivity contribution in [2.75, 3.05) is 11.9 Å². The van der Waals surface area contributed by atoms with Crippen LogP contribution in [0.2, 0.25) is 0 Å². The highest BCUT2D eigenvalue weighted by Gasteiger charge is 2.17. The van der Waals surface area contributed by atoms with E-state index in [0.29, 0.717) is 29.3 Å². The van der Waals surface area contributed by atoms with Crippen molar-refractivity contribution in [2.45, 2.75) is 66.9 Å². The van der Waals surface area contributed by atoms with Crippen LogP contribution >= 0.6 is 0 Å². The molecule has 0 heterocycles. The first kappa shape index (κ1) is 28.8. The van der Waals surface area contributed by atoms with Crippen molar-refractivity contribution in [1.82, 2.24) is 0 Å². The van der Waals surface area contributed by atoms with Gasteiger partial charge in [-0.2, -0.15) is 0 Å². The molecule has 0 radical (unpaired) electrons. The van der Waals surface area contributed by atoms with Crippen LogP contribution in [0.3, 0.4) is 0 Å².